The normalized spacial score (nSPS) is 14.1. The van der Waals surface area contributed by atoms with Crippen LogP contribution in [0.15, 0.2) is 29.2 Å². The van der Waals surface area contributed by atoms with Crippen molar-refractivity contribution in [1.29, 1.82) is 0 Å². The zero-order valence-corrected chi connectivity index (χ0v) is 10.5. The van der Waals surface area contributed by atoms with Gasteiger partial charge in [-0.05, 0) is 31.5 Å². The van der Waals surface area contributed by atoms with Gasteiger partial charge in [0.15, 0.2) is 0 Å². The van der Waals surface area contributed by atoms with E-state index in [-0.39, 0.29) is 11.5 Å². The van der Waals surface area contributed by atoms with Crippen molar-refractivity contribution in [2.24, 2.45) is 0 Å². The SMILES string of the molecule is Cc1cccc(S(=O)(=O)N(C)C(C)CO)c1. The lowest BCUT2D eigenvalue weighted by Crippen LogP contribution is -2.37. The monoisotopic (exact) mass is 243 g/mol. The van der Waals surface area contributed by atoms with E-state index in [0.717, 1.165) is 5.56 Å². The van der Waals surface area contributed by atoms with Crippen molar-refractivity contribution in [3.63, 3.8) is 0 Å². The van der Waals surface area contributed by atoms with Crippen LogP contribution in [0.2, 0.25) is 0 Å². The quantitative estimate of drug-likeness (QED) is 0.858. The van der Waals surface area contributed by atoms with Crippen molar-refractivity contribution in [3.8, 4) is 0 Å². The molecule has 0 saturated carbocycles. The molecule has 5 heteroatoms. The smallest absolute Gasteiger partial charge is 0.243 e. The summed E-state index contributed by atoms with van der Waals surface area (Å²) in [6.07, 6.45) is 0. The first kappa shape index (κ1) is 13.2. The average Bonchev–Trinajstić information content (AvgIpc) is 2.27. The molecule has 1 aromatic rings. The summed E-state index contributed by atoms with van der Waals surface area (Å²) in [4.78, 5) is 0.260. The number of aryl methyl sites for hydroxylation is 1. The molecule has 90 valence electrons. The van der Waals surface area contributed by atoms with Gasteiger partial charge in [-0.3, -0.25) is 0 Å². The first-order chi connectivity index (χ1) is 7.39. The summed E-state index contributed by atoms with van der Waals surface area (Å²) < 4.78 is 25.4. The minimum absolute atomic E-state index is 0.193. The summed E-state index contributed by atoms with van der Waals surface area (Å²) >= 11 is 0. The van der Waals surface area contributed by atoms with E-state index in [9.17, 15) is 8.42 Å². The van der Waals surface area contributed by atoms with Gasteiger partial charge in [0.05, 0.1) is 11.5 Å². The molecule has 0 saturated heterocycles. The van der Waals surface area contributed by atoms with E-state index >= 15 is 0 Å². The Morgan fingerprint density at radius 3 is 2.56 bits per heavy atom. The van der Waals surface area contributed by atoms with E-state index < -0.39 is 16.1 Å². The van der Waals surface area contributed by atoms with Crippen molar-refractivity contribution in [2.45, 2.75) is 24.8 Å². The van der Waals surface area contributed by atoms with Crippen LogP contribution in [0, 0.1) is 6.92 Å². The Morgan fingerprint density at radius 1 is 1.44 bits per heavy atom. The van der Waals surface area contributed by atoms with E-state index in [0.29, 0.717) is 0 Å². The van der Waals surface area contributed by atoms with Gasteiger partial charge in [-0.25, -0.2) is 8.42 Å². The Bertz CT molecular complexity index is 456. The summed E-state index contributed by atoms with van der Waals surface area (Å²) in [5, 5.41) is 8.96. The van der Waals surface area contributed by atoms with Gasteiger partial charge < -0.3 is 5.11 Å². The lowest BCUT2D eigenvalue weighted by molar-refractivity contribution is 0.214. The third kappa shape index (κ3) is 2.61. The molecular formula is C11H17NO3S. The maximum atomic E-state index is 12.1. The van der Waals surface area contributed by atoms with E-state index in [2.05, 4.69) is 0 Å². The Kier molecular flexibility index (Phi) is 4.07. The molecule has 0 aliphatic carbocycles. The molecule has 1 N–H and O–H groups in total. The molecule has 0 heterocycles. The zero-order chi connectivity index (χ0) is 12.3. The van der Waals surface area contributed by atoms with Gasteiger partial charge in [0.2, 0.25) is 10.0 Å². The molecule has 1 atom stereocenters. The number of aliphatic hydroxyl groups excluding tert-OH is 1. The van der Waals surface area contributed by atoms with Crippen LogP contribution in [-0.4, -0.2) is 37.5 Å². The number of rotatable bonds is 4. The maximum Gasteiger partial charge on any atom is 0.243 e. The predicted octanol–water partition coefficient (Wildman–Crippen LogP) is 0.996. The number of hydrogen-bond donors (Lipinski definition) is 1. The molecule has 0 radical (unpaired) electrons. The topological polar surface area (TPSA) is 57.6 Å². The Morgan fingerprint density at radius 2 is 2.06 bits per heavy atom. The lowest BCUT2D eigenvalue weighted by Gasteiger charge is -2.22. The minimum Gasteiger partial charge on any atom is -0.395 e. The molecule has 0 bridgehead atoms. The molecule has 4 nitrogen and oxygen atoms in total. The van der Waals surface area contributed by atoms with Crippen LogP contribution in [0.3, 0.4) is 0 Å². The summed E-state index contributed by atoms with van der Waals surface area (Å²) in [5.41, 5.74) is 0.895. The van der Waals surface area contributed by atoms with Gasteiger partial charge in [0.1, 0.15) is 0 Å². The molecule has 16 heavy (non-hydrogen) atoms. The summed E-state index contributed by atoms with van der Waals surface area (Å²) in [6, 6.07) is 6.30. The molecule has 0 aliphatic rings. The molecule has 0 spiro atoms. The first-order valence-electron chi connectivity index (χ1n) is 5.05. The summed E-state index contributed by atoms with van der Waals surface area (Å²) in [5.74, 6) is 0. The maximum absolute atomic E-state index is 12.1. The van der Waals surface area contributed by atoms with Crippen molar-refractivity contribution >= 4 is 10.0 Å². The van der Waals surface area contributed by atoms with Gasteiger partial charge >= 0.3 is 0 Å². The fraction of sp³-hybridized carbons (Fsp3) is 0.455. The number of hydrogen-bond acceptors (Lipinski definition) is 3. The molecule has 0 aliphatic heterocycles. The highest BCUT2D eigenvalue weighted by atomic mass is 32.2. The molecule has 0 aromatic heterocycles. The molecule has 0 fully saturated rings. The molecular weight excluding hydrogens is 226 g/mol. The molecule has 1 unspecified atom stereocenters. The molecule has 0 amide bonds. The number of nitrogens with zero attached hydrogens (tertiary/aromatic N) is 1. The van der Waals surface area contributed by atoms with Gasteiger partial charge in [-0.2, -0.15) is 4.31 Å². The minimum atomic E-state index is -3.50. The standard InChI is InChI=1S/C11H17NO3S/c1-9-5-4-6-11(7-9)16(14,15)12(3)10(2)8-13/h4-7,10,13H,8H2,1-3H3. The highest BCUT2D eigenvalue weighted by Crippen LogP contribution is 2.17. The number of likely N-dealkylation sites (N-methyl/N-ethyl adjacent to an activating group) is 1. The van der Waals surface area contributed by atoms with Crippen LogP contribution in [0.4, 0.5) is 0 Å². The van der Waals surface area contributed by atoms with Crippen molar-refractivity contribution < 1.29 is 13.5 Å². The van der Waals surface area contributed by atoms with Gasteiger partial charge in [0.25, 0.3) is 0 Å². The Labute approximate surface area is 96.6 Å². The number of aliphatic hydroxyl groups is 1. The van der Waals surface area contributed by atoms with E-state index in [1.807, 2.05) is 13.0 Å². The highest BCUT2D eigenvalue weighted by molar-refractivity contribution is 7.89. The van der Waals surface area contributed by atoms with Crippen molar-refractivity contribution in [2.75, 3.05) is 13.7 Å². The van der Waals surface area contributed by atoms with Crippen LogP contribution < -0.4 is 0 Å². The fourth-order valence-electron chi connectivity index (χ4n) is 1.29. The van der Waals surface area contributed by atoms with E-state index in [1.165, 1.54) is 11.4 Å². The largest absolute Gasteiger partial charge is 0.395 e. The van der Waals surface area contributed by atoms with Gasteiger partial charge in [-0.1, -0.05) is 12.1 Å². The predicted molar refractivity (Wildman–Crippen MR) is 62.7 cm³/mol. The average molecular weight is 243 g/mol. The van der Waals surface area contributed by atoms with Crippen LogP contribution >= 0.6 is 0 Å². The van der Waals surface area contributed by atoms with Crippen LogP contribution in [0.25, 0.3) is 0 Å². The number of benzene rings is 1. The molecule has 1 rings (SSSR count). The molecule has 1 aromatic carbocycles. The highest BCUT2D eigenvalue weighted by Gasteiger charge is 2.24. The first-order valence-corrected chi connectivity index (χ1v) is 6.49. The van der Waals surface area contributed by atoms with Gasteiger partial charge in [0, 0.05) is 13.1 Å². The van der Waals surface area contributed by atoms with Crippen molar-refractivity contribution in [1.82, 2.24) is 4.31 Å². The van der Waals surface area contributed by atoms with Crippen LogP contribution in [0.1, 0.15) is 12.5 Å². The zero-order valence-electron chi connectivity index (χ0n) is 9.71. The Hall–Kier alpha value is -0.910. The third-order valence-electron chi connectivity index (χ3n) is 2.55. The van der Waals surface area contributed by atoms with E-state index in [4.69, 9.17) is 5.11 Å². The van der Waals surface area contributed by atoms with E-state index in [1.54, 1.807) is 25.1 Å². The van der Waals surface area contributed by atoms with Crippen LogP contribution in [-0.2, 0) is 10.0 Å². The van der Waals surface area contributed by atoms with Crippen LogP contribution in [0.5, 0.6) is 0 Å². The van der Waals surface area contributed by atoms with Gasteiger partial charge in [-0.15, -0.1) is 0 Å². The lowest BCUT2D eigenvalue weighted by atomic mass is 10.2. The second-order valence-electron chi connectivity index (χ2n) is 3.87. The number of sulfonamides is 1. The summed E-state index contributed by atoms with van der Waals surface area (Å²) in [7, 11) is -2.03. The fourth-order valence-corrected chi connectivity index (χ4v) is 2.75. The second kappa shape index (κ2) is 4.95. The third-order valence-corrected chi connectivity index (χ3v) is 4.52. The summed E-state index contributed by atoms with van der Waals surface area (Å²) in [6.45, 7) is 3.31. The Balaban J connectivity index is 3.12. The second-order valence-corrected chi connectivity index (χ2v) is 5.87. The van der Waals surface area contributed by atoms with Crippen molar-refractivity contribution in [3.05, 3.63) is 29.8 Å².